The average Bonchev–Trinajstić information content (AvgIpc) is 2.44. The summed E-state index contributed by atoms with van der Waals surface area (Å²) in [6.45, 7) is 4.14. The highest BCUT2D eigenvalue weighted by molar-refractivity contribution is 5.04. The summed E-state index contributed by atoms with van der Waals surface area (Å²) in [5.74, 6) is 7.50. The van der Waals surface area contributed by atoms with E-state index in [-0.39, 0.29) is 0 Å². The van der Waals surface area contributed by atoms with Gasteiger partial charge in [-0.15, -0.1) is 6.58 Å². The summed E-state index contributed by atoms with van der Waals surface area (Å²) in [7, 11) is 0. The maximum atomic E-state index is 4.14. The summed E-state index contributed by atoms with van der Waals surface area (Å²) >= 11 is 0. The average molecular weight is 244 g/mol. The SMILES string of the molecule is C=CC1CCC2CCC3CCCC4CCC1C2C34. The Morgan fingerprint density at radius 3 is 2.00 bits per heavy atom. The predicted molar refractivity (Wildman–Crippen MR) is 76.2 cm³/mol. The van der Waals surface area contributed by atoms with Crippen molar-refractivity contribution in [1.29, 1.82) is 0 Å². The van der Waals surface area contributed by atoms with Gasteiger partial charge in [0.25, 0.3) is 0 Å². The smallest absolute Gasteiger partial charge is 0.0205 e. The molecule has 0 aromatic heterocycles. The van der Waals surface area contributed by atoms with Crippen molar-refractivity contribution in [3.8, 4) is 0 Å². The van der Waals surface area contributed by atoms with Crippen molar-refractivity contribution in [2.75, 3.05) is 0 Å². The Hall–Kier alpha value is -0.260. The molecule has 0 aromatic rings. The van der Waals surface area contributed by atoms with Gasteiger partial charge >= 0.3 is 0 Å². The van der Waals surface area contributed by atoms with Crippen molar-refractivity contribution >= 4 is 0 Å². The molecule has 0 radical (unpaired) electrons. The van der Waals surface area contributed by atoms with Crippen LogP contribution in [0.15, 0.2) is 12.7 Å². The molecule has 0 heteroatoms. The second kappa shape index (κ2) is 4.39. The van der Waals surface area contributed by atoms with Crippen molar-refractivity contribution in [1.82, 2.24) is 0 Å². The Labute approximate surface area is 112 Å². The molecule has 0 aliphatic heterocycles. The van der Waals surface area contributed by atoms with E-state index < -0.39 is 0 Å². The molecule has 7 unspecified atom stereocenters. The Kier molecular flexibility index (Phi) is 2.82. The molecule has 18 heavy (non-hydrogen) atoms. The summed E-state index contributed by atoms with van der Waals surface area (Å²) in [6.07, 6.45) is 16.2. The van der Waals surface area contributed by atoms with Gasteiger partial charge in [0, 0.05) is 0 Å². The van der Waals surface area contributed by atoms with Crippen LogP contribution in [0.4, 0.5) is 0 Å². The van der Waals surface area contributed by atoms with Gasteiger partial charge in [-0.25, -0.2) is 0 Å². The molecule has 0 saturated heterocycles. The van der Waals surface area contributed by atoms with E-state index in [9.17, 15) is 0 Å². The standard InChI is InChI=1S/C18H28/c1-2-12-6-7-15-9-8-13-4-3-5-14-10-11-16(12)18(15)17(13)14/h2,12-18H,1,3-11H2. The topological polar surface area (TPSA) is 0 Å². The van der Waals surface area contributed by atoms with Crippen molar-refractivity contribution in [2.24, 2.45) is 41.4 Å². The first kappa shape index (κ1) is 11.6. The quantitative estimate of drug-likeness (QED) is 0.566. The number of allylic oxidation sites excluding steroid dienone is 1. The van der Waals surface area contributed by atoms with Crippen LogP contribution in [0.2, 0.25) is 0 Å². The maximum Gasteiger partial charge on any atom is -0.0205 e. The van der Waals surface area contributed by atoms with Crippen LogP contribution in [0, 0.1) is 41.4 Å². The Morgan fingerprint density at radius 1 is 0.667 bits per heavy atom. The van der Waals surface area contributed by atoms with Crippen LogP contribution in [-0.4, -0.2) is 0 Å². The lowest BCUT2D eigenvalue weighted by Gasteiger charge is -2.59. The van der Waals surface area contributed by atoms with Crippen LogP contribution < -0.4 is 0 Å². The van der Waals surface area contributed by atoms with E-state index in [1.807, 2.05) is 0 Å². The Morgan fingerprint density at radius 2 is 1.28 bits per heavy atom. The van der Waals surface area contributed by atoms with Gasteiger partial charge in [0.2, 0.25) is 0 Å². The monoisotopic (exact) mass is 244 g/mol. The van der Waals surface area contributed by atoms with E-state index in [1.165, 1.54) is 19.3 Å². The zero-order chi connectivity index (χ0) is 12.1. The number of rotatable bonds is 1. The van der Waals surface area contributed by atoms with Gasteiger partial charge in [0.05, 0.1) is 0 Å². The molecule has 4 aliphatic rings. The molecule has 0 spiro atoms. The first-order valence-corrected chi connectivity index (χ1v) is 8.51. The molecule has 4 fully saturated rings. The van der Waals surface area contributed by atoms with Crippen molar-refractivity contribution in [3.63, 3.8) is 0 Å². The highest BCUT2D eigenvalue weighted by Crippen LogP contribution is 2.61. The largest absolute Gasteiger partial charge is 0.103 e. The summed E-state index contributed by atoms with van der Waals surface area (Å²) in [6, 6.07) is 0. The number of hydrogen-bond donors (Lipinski definition) is 0. The van der Waals surface area contributed by atoms with Gasteiger partial charge in [-0.3, -0.25) is 0 Å². The minimum Gasteiger partial charge on any atom is -0.103 e. The van der Waals surface area contributed by atoms with Crippen LogP contribution in [0.5, 0.6) is 0 Å². The minimum absolute atomic E-state index is 0.868. The van der Waals surface area contributed by atoms with Crippen molar-refractivity contribution in [2.45, 2.75) is 57.8 Å². The zero-order valence-corrected chi connectivity index (χ0v) is 11.7. The fourth-order valence-corrected chi connectivity index (χ4v) is 6.63. The fourth-order valence-electron chi connectivity index (χ4n) is 6.63. The van der Waals surface area contributed by atoms with E-state index >= 15 is 0 Å². The molecular formula is C18H28. The third-order valence-corrected chi connectivity index (χ3v) is 7.22. The molecule has 0 N–H and O–H groups in total. The molecule has 100 valence electrons. The molecule has 0 aromatic carbocycles. The van der Waals surface area contributed by atoms with E-state index in [0.29, 0.717) is 0 Å². The Bertz CT molecular complexity index is 325. The van der Waals surface area contributed by atoms with Crippen molar-refractivity contribution < 1.29 is 0 Å². The summed E-state index contributed by atoms with van der Waals surface area (Å²) < 4.78 is 0. The van der Waals surface area contributed by atoms with Crippen LogP contribution in [-0.2, 0) is 0 Å². The van der Waals surface area contributed by atoms with E-state index in [0.717, 1.165) is 41.4 Å². The van der Waals surface area contributed by atoms with Gasteiger partial charge in [0.15, 0.2) is 0 Å². The van der Waals surface area contributed by atoms with Gasteiger partial charge in [0.1, 0.15) is 0 Å². The summed E-state index contributed by atoms with van der Waals surface area (Å²) in [4.78, 5) is 0. The van der Waals surface area contributed by atoms with Gasteiger partial charge in [-0.05, 0) is 80.0 Å². The lowest BCUT2D eigenvalue weighted by atomic mass is 9.46. The van der Waals surface area contributed by atoms with E-state index in [2.05, 4.69) is 12.7 Å². The fraction of sp³-hybridized carbons (Fsp3) is 0.889. The third kappa shape index (κ3) is 1.57. The first-order chi connectivity index (χ1) is 8.88. The van der Waals surface area contributed by atoms with Crippen LogP contribution >= 0.6 is 0 Å². The second-order valence-corrected chi connectivity index (χ2v) is 7.66. The maximum absolute atomic E-state index is 4.14. The first-order valence-electron chi connectivity index (χ1n) is 8.51. The molecule has 0 bridgehead atoms. The highest BCUT2D eigenvalue weighted by atomic mass is 14.6. The van der Waals surface area contributed by atoms with Crippen LogP contribution in [0.1, 0.15) is 57.8 Å². The van der Waals surface area contributed by atoms with E-state index in [1.54, 1.807) is 38.5 Å². The molecule has 7 atom stereocenters. The lowest BCUT2D eigenvalue weighted by molar-refractivity contribution is -0.0888. The Balaban J connectivity index is 1.67. The zero-order valence-electron chi connectivity index (χ0n) is 11.7. The summed E-state index contributed by atoms with van der Waals surface area (Å²) in [5.41, 5.74) is 0. The molecule has 0 nitrogen and oxygen atoms in total. The minimum atomic E-state index is 0.868. The van der Waals surface area contributed by atoms with Gasteiger partial charge < -0.3 is 0 Å². The number of hydrogen-bond acceptors (Lipinski definition) is 0. The molecule has 4 saturated carbocycles. The lowest BCUT2D eigenvalue weighted by Crippen LogP contribution is -2.51. The molecular weight excluding hydrogens is 216 g/mol. The third-order valence-electron chi connectivity index (χ3n) is 7.22. The molecule has 0 amide bonds. The van der Waals surface area contributed by atoms with Gasteiger partial charge in [-0.1, -0.05) is 25.3 Å². The van der Waals surface area contributed by atoms with E-state index in [4.69, 9.17) is 0 Å². The van der Waals surface area contributed by atoms with Gasteiger partial charge in [-0.2, -0.15) is 0 Å². The normalized spacial score (nSPS) is 54.6. The highest BCUT2D eigenvalue weighted by Gasteiger charge is 2.52. The predicted octanol–water partition coefficient (Wildman–Crippen LogP) is 5.05. The second-order valence-electron chi connectivity index (χ2n) is 7.66. The van der Waals surface area contributed by atoms with Crippen LogP contribution in [0.25, 0.3) is 0 Å². The van der Waals surface area contributed by atoms with Crippen molar-refractivity contribution in [3.05, 3.63) is 12.7 Å². The van der Waals surface area contributed by atoms with Crippen LogP contribution in [0.3, 0.4) is 0 Å². The molecule has 0 heterocycles. The summed E-state index contributed by atoms with van der Waals surface area (Å²) in [5, 5.41) is 0. The molecule has 4 rings (SSSR count). The molecule has 4 aliphatic carbocycles.